The van der Waals surface area contributed by atoms with Gasteiger partial charge in [0.15, 0.2) is 17.3 Å². The lowest BCUT2D eigenvalue weighted by Gasteiger charge is -2.10. The van der Waals surface area contributed by atoms with Crippen LogP contribution in [0.5, 0.6) is 0 Å². The number of oxime groups is 1. The fourth-order valence-electron chi connectivity index (χ4n) is 3.29. The first kappa shape index (κ1) is 21.9. The van der Waals surface area contributed by atoms with Crippen molar-refractivity contribution in [2.45, 2.75) is 13.1 Å². The first-order chi connectivity index (χ1) is 15.5. The van der Waals surface area contributed by atoms with Crippen LogP contribution in [0.4, 0.5) is 22.0 Å². The number of alkyl halides is 3. The SMILES string of the molecule is Cc1[nH][nH]c2nc(-c3ccc(C(N)=NOC(=O)C(F)(F)F)cc3)c3c(F)cc(=O)c(F)c3c12. The Labute approximate surface area is 179 Å². The number of carbonyl (C=O) groups is 1. The molecule has 0 saturated heterocycles. The summed E-state index contributed by atoms with van der Waals surface area (Å²) in [6.45, 7) is 1.59. The Morgan fingerprint density at radius 2 is 1.76 bits per heavy atom. The molecule has 0 fully saturated rings. The zero-order chi connectivity index (χ0) is 24.1. The van der Waals surface area contributed by atoms with Gasteiger partial charge in [-0.3, -0.25) is 9.89 Å². The molecule has 0 aliphatic rings. The summed E-state index contributed by atoms with van der Waals surface area (Å²) in [5.41, 5.74) is 5.38. The van der Waals surface area contributed by atoms with Crippen LogP contribution in [0.25, 0.3) is 33.1 Å². The summed E-state index contributed by atoms with van der Waals surface area (Å²) in [6.07, 6.45) is -5.24. The van der Waals surface area contributed by atoms with Gasteiger partial charge in [-0.25, -0.2) is 18.6 Å². The number of aromatic nitrogens is 3. The zero-order valence-corrected chi connectivity index (χ0v) is 16.5. The van der Waals surface area contributed by atoms with Crippen LogP contribution >= 0.6 is 0 Å². The van der Waals surface area contributed by atoms with Crippen LogP contribution in [0, 0.1) is 18.6 Å². The third-order valence-corrected chi connectivity index (χ3v) is 4.79. The number of H-pyrrole nitrogens is 2. The second kappa shape index (κ2) is 7.69. The van der Waals surface area contributed by atoms with Gasteiger partial charge in [0, 0.05) is 33.7 Å². The number of nitrogens with zero attached hydrogens (tertiary/aromatic N) is 2. The van der Waals surface area contributed by atoms with E-state index in [9.17, 15) is 31.5 Å². The number of carbonyl (C=O) groups excluding carboxylic acids is 1. The van der Waals surface area contributed by atoms with Gasteiger partial charge in [0.2, 0.25) is 5.43 Å². The lowest BCUT2D eigenvalue weighted by atomic mass is 9.99. The molecule has 8 nitrogen and oxygen atoms in total. The van der Waals surface area contributed by atoms with E-state index in [-0.39, 0.29) is 38.6 Å². The van der Waals surface area contributed by atoms with E-state index in [0.29, 0.717) is 11.8 Å². The van der Waals surface area contributed by atoms with Crippen molar-refractivity contribution in [2.75, 3.05) is 0 Å². The predicted molar refractivity (Wildman–Crippen MR) is 107 cm³/mol. The van der Waals surface area contributed by atoms with E-state index < -0.39 is 35.0 Å². The highest BCUT2D eigenvalue weighted by Crippen LogP contribution is 2.35. The first-order valence-electron chi connectivity index (χ1n) is 9.10. The zero-order valence-electron chi connectivity index (χ0n) is 16.5. The molecule has 0 radical (unpaired) electrons. The number of pyridine rings is 1. The number of fused-ring (bicyclic) bond motifs is 3. The summed E-state index contributed by atoms with van der Waals surface area (Å²) in [6, 6.07) is 5.87. The molecule has 33 heavy (non-hydrogen) atoms. The third kappa shape index (κ3) is 3.77. The van der Waals surface area contributed by atoms with E-state index in [1.807, 2.05) is 0 Å². The average molecular weight is 465 g/mol. The van der Waals surface area contributed by atoms with Gasteiger partial charge in [0.1, 0.15) is 5.82 Å². The second-order valence-electron chi connectivity index (χ2n) is 6.91. The normalized spacial score (nSPS) is 12.5. The highest BCUT2D eigenvalue weighted by atomic mass is 19.4. The maximum atomic E-state index is 14.8. The molecule has 0 aliphatic carbocycles. The lowest BCUT2D eigenvalue weighted by Crippen LogP contribution is -2.25. The topological polar surface area (TPSA) is 126 Å². The van der Waals surface area contributed by atoms with E-state index >= 15 is 0 Å². The molecule has 2 heterocycles. The van der Waals surface area contributed by atoms with Crippen molar-refractivity contribution in [3.8, 4) is 11.3 Å². The van der Waals surface area contributed by atoms with E-state index in [1.54, 1.807) is 6.92 Å². The molecule has 0 aliphatic heterocycles. The third-order valence-electron chi connectivity index (χ3n) is 4.79. The maximum absolute atomic E-state index is 14.8. The molecule has 0 atom stereocenters. The summed E-state index contributed by atoms with van der Waals surface area (Å²) in [4.78, 5) is 30.7. The monoisotopic (exact) mass is 465 g/mol. The molecular weight excluding hydrogens is 453 g/mol. The van der Waals surface area contributed by atoms with Crippen LogP contribution < -0.4 is 11.2 Å². The highest BCUT2D eigenvalue weighted by Gasteiger charge is 2.41. The number of rotatable bonds is 3. The Bertz CT molecular complexity index is 1500. The van der Waals surface area contributed by atoms with Gasteiger partial charge in [-0.05, 0) is 6.92 Å². The van der Waals surface area contributed by atoms with E-state index in [1.165, 1.54) is 24.3 Å². The number of hydrogen-bond donors (Lipinski definition) is 3. The number of aryl methyl sites for hydroxylation is 1. The Balaban J connectivity index is 1.82. The second-order valence-corrected chi connectivity index (χ2v) is 6.91. The summed E-state index contributed by atoms with van der Waals surface area (Å²) in [5.74, 6) is -5.20. The van der Waals surface area contributed by atoms with Crippen molar-refractivity contribution in [1.82, 2.24) is 15.2 Å². The van der Waals surface area contributed by atoms with Crippen molar-refractivity contribution < 1.29 is 31.6 Å². The maximum Gasteiger partial charge on any atom is 0.493 e. The molecule has 0 saturated carbocycles. The summed E-state index contributed by atoms with van der Waals surface area (Å²) in [7, 11) is 0. The molecule has 2 aromatic heterocycles. The summed E-state index contributed by atoms with van der Waals surface area (Å²) >= 11 is 0. The number of aromatic amines is 2. The lowest BCUT2D eigenvalue weighted by molar-refractivity contribution is -0.199. The van der Waals surface area contributed by atoms with Gasteiger partial charge in [-0.2, -0.15) is 13.2 Å². The number of nitrogens with two attached hydrogens (primary N) is 1. The standard InChI is InChI=1S/C20H12F5N5O3/c1-7-12-14-13(10(21)6-11(31)15(14)22)16(27-18(12)29-28-7)8-2-4-9(5-3-8)17(26)30-33-19(32)20(23,24)25/h2-6H,1H3,(H2,26,30)(H2,27,28,29). The van der Waals surface area contributed by atoms with Crippen molar-refractivity contribution in [3.05, 3.63) is 63.4 Å². The van der Waals surface area contributed by atoms with Crippen molar-refractivity contribution >= 4 is 33.6 Å². The van der Waals surface area contributed by atoms with E-state index in [4.69, 9.17) is 5.73 Å². The quantitative estimate of drug-likeness (QED) is 0.141. The minimum absolute atomic E-state index is 0.00490. The molecular formula is C20H12F5N5O3. The number of benzene rings is 2. The van der Waals surface area contributed by atoms with Crippen molar-refractivity contribution in [3.63, 3.8) is 0 Å². The fraction of sp³-hybridized carbons (Fsp3) is 0.100. The van der Waals surface area contributed by atoms with Gasteiger partial charge < -0.3 is 15.7 Å². The molecule has 0 amide bonds. The van der Waals surface area contributed by atoms with E-state index in [2.05, 4.69) is 25.2 Å². The Morgan fingerprint density at radius 3 is 2.39 bits per heavy atom. The van der Waals surface area contributed by atoms with E-state index in [0.717, 1.165) is 0 Å². The Kier molecular flexibility index (Phi) is 5.11. The van der Waals surface area contributed by atoms with Crippen LogP contribution in [0.3, 0.4) is 0 Å². The van der Waals surface area contributed by atoms with Crippen LogP contribution in [0.2, 0.25) is 0 Å². The molecule has 13 heteroatoms. The Morgan fingerprint density at radius 1 is 1.09 bits per heavy atom. The van der Waals surface area contributed by atoms with Crippen LogP contribution in [-0.4, -0.2) is 33.2 Å². The molecule has 170 valence electrons. The predicted octanol–water partition coefficient (Wildman–Crippen LogP) is 3.38. The summed E-state index contributed by atoms with van der Waals surface area (Å²) in [5, 5.41) is 8.13. The smallest absolute Gasteiger partial charge is 0.380 e. The number of hydrogen-bond acceptors (Lipinski definition) is 5. The Hall–Kier alpha value is -4.29. The van der Waals surface area contributed by atoms with Gasteiger partial charge in [0.25, 0.3) is 0 Å². The van der Waals surface area contributed by atoms with Gasteiger partial charge in [-0.1, -0.05) is 29.4 Å². The van der Waals surface area contributed by atoms with Gasteiger partial charge in [0.05, 0.1) is 11.1 Å². The van der Waals surface area contributed by atoms with Crippen LogP contribution in [0.1, 0.15) is 11.3 Å². The van der Waals surface area contributed by atoms with Crippen molar-refractivity contribution in [2.24, 2.45) is 10.9 Å². The number of halogens is 5. The summed E-state index contributed by atoms with van der Waals surface area (Å²) < 4.78 is 66.2. The molecule has 4 N–H and O–H groups in total. The van der Waals surface area contributed by atoms with Crippen molar-refractivity contribution in [1.29, 1.82) is 0 Å². The molecule has 0 unspecified atom stereocenters. The van der Waals surface area contributed by atoms with Crippen LogP contribution in [0.15, 0.2) is 40.3 Å². The number of amidine groups is 1. The highest BCUT2D eigenvalue weighted by molar-refractivity contribution is 6.11. The molecule has 4 rings (SSSR count). The first-order valence-corrected chi connectivity index (χ1v) is 9.10. The molecule has 0 bridgehead atoms. The van der Waals surface area contributed by atoms with Gasteiger partial charge >= 0.3 is 12.1 Å². The number of nitrogens with one attached hydrogen (secondary N) is 2. The molecule has 4 aromatic rings. The minimum atomic E-state index is -5.24. The fourth-order valence-corrected chi connectivity index (χ4v) is 3.29. The largest absolute Gasteiger partial charge is 0.493 e. The minimum Gasteiger partial charge on any atom is -0.380 e. The molecule has 0 spiro atoms. The van der Waals surface area contributed by atoms with Crippen LogP contribution in [-0.2, 0) is 9.63 Å². The average Bonchev–Trinajstić information content (AvgIpc) is 3.14. The van der Waals surface area contributed by atoms with Gasteiger partial charge in [-0.15, -0.1) is 0 Å². The molecule has 2 aromatic carbocycles.